The lowest BCUT2D eigenvalue weighted by molar-refractivity contribution is -0.116. The molecule has 6 rings (SSSR count). The molecule has 0 saturated heterocycles. The minimum absolute atomic E-state index is 0.0325. The van der Waals surface area contributed by atoms with Gasteiger partial charge in [0.1, 0.15) is 27.4 Å². The van der Waals surface area contributed by atoms with Gasteiger partial charge in [-0.25, -0.2) is 4.79 Å². The van der Waals surface area contributed by atoms with Gasteiger partial charge in [0.2, 0.25) is 5.91 Å². The monoisotopic (exact) mass is 831 g/mol. The Morgan fingerprint density at radius 3 is 2.29 bits per heavy atom. The van der Waals surface area contributed by atoms with Crippen molar-refractivity contribution >= 4 is 63.6 Å². The highest BCUT2D eigenvalue weighted by Crippen LogP contribution is 2.45. The van der Waals surface area contributed by atoms with Crippen molar-refractivity contribution in [3.63, 3.8) is 0 Å². The summed E-state index contributed by atoms with van der Waals surface area (Å²) in [6.45, 7) is 8.73. The summed E-state index contributed by atoms with van der Waals surface area (Å²) in [5.74, 6) is -0.322. The van der Waals surface area contributed by atoms with Gasteiger partial charge in [-0.2, -0.15) is 0 Å². The Morgan fingerprint density at radius 2 is 1.61 bits per heavy atom. The molecule has 1 aliphatic rings. The van der Waals surface area contributed by atoms with Gasteiger partial charge in [0.05, 0.1) is 26.4 Å². The summed E-state index contributed by atoms with van der Waals surface area (Å²) in [5.41, 5.74) is 3.58. The first-order chi connectivity index (χ1) is 28.4. The van der Waals surface area contributed by atoms with Crippen molar-refractivity contribution in [2.75, 3.05) is 31.5 Å². The number of esters is 1. The van der Waals surface area contributed by atoms with Crippen LogP contribution in [0.1, 0.15) is 81.6 Å². The number of rotatable bonds is 14. The number of benzene rings is 4. The summed E-state index contributed by atoms with van der Waals surface area (Å²) in [7, 11) is 3.05. The molecule has 12 heteroatoms. The third kappa shape index (κ3) is 10.6. The molecule has 1 heterocycles. The van der Waals surface area contributed by atoms with Gasteiger partial charge in [-0.3, -0.25) is 14.4 Å². The van der Waals surface area contributed by atoms with Crippen LogP contribution in [0.25, 0.3) is 6.08 Å². The second-order valence-corrected chi connectivity index (χ2v) is 17.4. The first-order valence-electron chi connectivity index (χ1n) is 19.4. The molecule has 0 radical (unpaired) electrons. The van der Waals surface area contributed by atoms with Crippen LogP contribution in [0, 0.1) is 11.3 Å². The van der Waals surface area contributed by atoms with Gasteiger partial charge < -0.3 is 30.2 Å². The molecule has 10 nitrogen and oxygen atoms in total. The predicted molar refractivity (Wildman–Crippen MR) is 235 cm³/mol. The largest absolute Gasteiger partial charge is 0.497 e. The van der Waals surface area contributed by atoms with E-state index in [0.717, 1.165) is 35.3 Å². The lowest BCUT2D eigenvalue weighted by atomic mass is 9.72. The molecule has 0 spiro atoms. The number of hydrogen-bond acceptors (Lipinski definition) is 9. The lowest BCUT2D eigenvalue weighted by Gasteiger charge is -2.33. The summed E-state index contributed by atoms with van der Waals surface area (Å²) < 4.78 is 16.5. The van der Waals surface area contributed by atoms with Crippen molar-refractivity contribution in [1.82, 2.24) is 5.32 Å². The molecule has 0 fully saturated rings. The zero-order valence-electron chi connectivity index (χ0n) is 34.0. The molecular weight excluding hydrogens is 783 g/mol. The Labute approximate surface area is 353 Å². The predicted octanol–water partition coefficient (Wildman–Crippen LogP) is 9.97. The Bertz CT molecular complexity index is 2330. The van der Waals surface area contributed by atoms with Crippen LogP contribution in [0.3, 0.4) is 0 Å². The number of methoxy groups -OCH3 is 2. The van der Waals surface area contributed by atoms with E-state index in [0.29, 0.717) is 49.7 Å². The third-order valence-electron chi connectivity index (χ3n) is 10.2. The molecule has 306 valence electrons. The van der Waals surface area contributed by atoms with E-state index in [1.54, 1.807) is 73.7 Å². The van der Waals surface area contributed by atoms with E-state index in [1.807, 2.05) is 36.4 Å². The topological polar surface area (TPSA) is 132 Å². The normalized spacial score (nSPS) is 14.3. The first kappa shape index (κ1) is 42.7. The second kappa shape index (κ2) is 19.3. The smallest absolute Gasteiger partial charge is 0.341 e. The van der Waals surface area contributed by atoms with Crippen molar-refractivity contribution in [3.05, 3.63) is 142 Å². The van der Waals surface area contributed by atoms with Crippen molar-refractivity contribution < 1.29 is 33.4 Å². The maximum atomic E-state index is 14.4. The van der Waals surface area contributed by atoms with Crippen LogP contribution in [0.5, 0.6) is 11.5 Å². The van der Waals surface area contributed by atoms with Crippen LogP contribution in [-0.2, 0) is 27.2 Å². The van der Waals surface area contributed by atoms with Gasteiger partial charge >= 0.3 is 5.97 Å². The summed E-state index contributed by atoms with van der Waals surface area (Å²) in [4.78, 5) is 57.0. The average Bonchev–Trinajstić information content (AvgIpc) is 3.60. The molecule has 1 aliphatic carbocycles. The Morgan fingerprint density at radius 1 is 0.881 bits per heavy atom. The van der Waals surface area contributed by atoms with Crippen LogP contribution in [0.4, 0.5) is 10.7 Å². The fourth-order valence-corrected chi connectivity index (χ4v) is 9.34. The van der Waals surface area contributed by atoms with Gasteiger partial charge in [-0.15, -0.1) is 23.1 Å². The van der Waals surface area contributed by atoms with Crippen molar-refractivity contribution in [2.24, 2.45) is 11.3 Å². The van der Waals surface area contributed by atoms with Crippen LogP contribution < -0.4 is 25.4 Å². The van der Waals surface area contributed by atoms with E-state index in [-0.39, 0.29) is 23.6 Å². The number of amides is 3. The van der Waals surface area contributed by atoms with E-state index >= 15 is 0 Å². The molecule has 3 amide bonds. The maximum Gasteiger partial charge on any atom is 0.341 e. The molecule has 5 aromatic rings. The fraction of sp³-hybridized carbons (Fsp3) is 0.277. The number of nitrogens with one attached hydrogen (secondary N) is 3. The van der Waals surface area contributed by atoms with Crippen molar-refractivity contribution in [1.29, 1.82) is 0 Å². The van der Waals surface area contributed by atoms with Gasteiger partial charge in [-0.05, 0) is 103 Å². The highest BCUT2D eigenvalue weighted by Gasteiger charge is 2.35. The molecule has 0 bridgehead atoms. The molecule has 4 aromatic carbocycles. The zero-order valence-corrected chi connectivity index (χ0v) is 35.7. The molecule has 1 aromatic heterocycles. The third-order valence-corrected chi connectivity index (χ3v) is 12.6. The summed E-state index contributed by atoms with van der Waals surface area (Å²) in [5, 5.41) is 8.60. The van der Waals surface area contributed by atoms with Gasteiger partial charge in [-0.1, -0.05) is 75.4 Å². The maximum absolute atomic E-state index is 14.4. The quantitative estimate of drug-likeness (QED) is 0.0573. The Balaban J connectivity index is 1.28. The molecule has 3 N–H and O–H groups in total. The number of thiophene rings is 1. The molecule has 2 unspecified atom stereocenters. The standard InChI is InChI=1S/C47H49N3O7S2/c1-7-57-46(54)40-36-23-21-32(47(2,3)4)27-39(36)59-45(40)50-44(53)41(29-15-10-8-11-16-29)58-35-20-14-19-33(28-35)48-43(52)37(49-42(51)30-17-12-9-13-18-30)26-31-25-34(55-5)22-24-38(31)56-6/h8-20,22,24-26,28,32,41H,7,21,23,27H2,1-6H3,(H,48,52)(H,49,51)(H,50,53)/b37-26+. The minimum atomic E-state index is -0.722. The highest BCUT2D eigenvalue weighted by molar-refractivity contribution is 8.00. The number of thioether (sulfide) groups is 1. The van der Waals surface area contributed by atoms with Crippen molar-refractivity contribution in [2.45, 2.75) is 57.1 Å². The van der Waals surface area contributed by atoms with Gasteiger partial charge in [0.25, 0.3) is 11.8 Å². The second-order valence-electron chi connectivity index (χ2n) is 15.1. The van der Waals surface area contributed by atoms with Crippen LogP contribution in [0.15, 0.2) is 114 Å². The fourth-order valence-electron chi connectivity index (χ4n) is 6.94. The SMILES string of the molecule is CCOC(=O)c1c(NC(=O)C(Sc2cccc(NC(=O)/C(=C\c3cc(OC)ccc3OC)NC(=O)c3ccccc3)c2)c2ccccc2)sc2c1CCC(C(C)(C)C)C2. The Kier molecular flexibility index (Phi) is 14.0. The summed E-state index contributed by atoms with van der Waals surface area (Å²) >= 11 is 2.77. The molecule has 0 aliphatic heterocycles. The number of hydrogen-bond donors (Lipinski definition) is 3. The molecular formula is C47H49N3O7S2. The van der Waals surface area contributed by atoms with E-state index in [9.17, 15) is 19.2 Å². The molecule has 59 heavy (non-hydrogen) atoms. The van der Waals surface area contributed by atoms with Crippen molar-refractivity contribution in [3.8, 4) is 11.5 Å². The lowest BCUT2D eigenvalue weighted by Crippen LogP contribution is -2.30. The van der Waals surface area contributed by atoms with E-state index in [2.05, 4.69) is 36.7 Å². The highest BCUT2D eigenvalue weighted by atomic mass is 32.2. The number of fused-ring (bicyclic) bond motifs is 1. The molecule has 0 saturated carbocycles. The van der Waals surface area contributed by atoms with Gasteiger partial charge in [0.15, 0.2) is 0 Å². The minimum Gasteiger partial charge on any atom is -0.497 e. The van der Waals surface area contributed by atoms with Crippen LogP contribution in [0.2, 0.25) is 0 Å². The number of anilines is 2. The van der Waals surface area contributed by atoms with Crippen LogP contribution in [-0.4, -0.2) is 44.5 Å². The van der Waals surface area contributed by atoms with E-state index < -0.39 is 23.0 Å². The summed E-state index contributed by atoms with van der Waals surface area (Å²) in [6, 6.07) is 30.3. The number of carbonyl (C=O) groups is 4. The zero-order chi connectivity index (χ0) is 42.1. The van der Waals surface area contributed by atoms with E-state index in [1.165, 1.54) is 43.4 Å². The van der Waals surface area contributed by atoms with Gasteiger partial charge in [0, 0.05) is 26.6 Å². The summed E-state index contributed by atoms with van der Waals surface area (Å²) in [6.07, 6.45) is 4.06. The van der Waals surface area contributed by atoms with Crippen LogP contribution >= 0.6 is 23.1 Å². The molecule has 2 atom stereocenters. The first-order valence-corrected chi connectivity index (χ1v) is 21.1. The Hall–Kier alpha value is -5.85. The van der Waals surface area contributed by atoms with E-state index in [4.69, 9.17) is 14.2 Å². The average molecular weight is 832 g/mol. The number of ether oxygens (including phenoxy) is 3. The number of carbonyl (C=O) groups excluding carboxylic acids is 4.